The van der Waals surface area contributed by atoms with E-state index in [1.54, 1.807) is 16.8 Å². The van der Waals surface area contributed by atoms with Crippen LogP contribution in [0.4, 0.5) is 0 Å². The molecule has 0 radical (unpaired) electrons. The first-order valence-electron chi connectivity index (χ1n) is 6.36. The zero-order valence-electron chi connectivity index (χ0n) is 11.8. The monoisotopic (exact) mass is 242 g/mol. The minimum absolute atomic E-state index is 0.106. The molecular formula is C13H26N2O2. The van der Waals surface area contributed by atoms with E-state index < -0.39 is 0 Å². The number of hydrogen-bond donors (Lipinski definition) is 0. The topological polar surface area (TPSA) is 40.6 Å². The molecule has 0 fully saturated rings. The highest BCUT2D eigenvalue weighted by atomic mass is 16.2. The van der Waals surface area contributed by atoms with E-state index in [0.29, 0.717) is 25.3 Å². The van der Waals surface area contributed by atoms with Crippen molar-refractivity contribution in [2.75, 3.05) is 27.2 Å². The predicted octanol–water partition coefficient (Wildman–Crippen LogP) is 1.75. The lowest BCUT2D eigenvalue weighted by atomic mass is 10.2. The quantitative estimate of drug-likeness (QED) is 0.682. The molecule has 0 aliphatic carbocycles. The Hall–Kier alpha value is -1.06. The molecule has 0 bridgehead atoms. The Labute approximate surface area is 105 Å². The van der Waals surface area contributed by atoms with Gasteiger partial charge in [0.15, 0.2) is 0 Å². The van der Waals surface area contributed by atoms with Gasteiger partial charge in [-0.05, 0) is 12.3 Å². The van der Waals surface area contributed by atoms with E-state index in [1.165, 1.54) is 0 Å². The summed E-state index contributed by atoms with van der Waals surface area (Å²) >= 11 is 0. The number of carbonyl (C=O) groups excluding carboxylic acids is 2. The molecule has 4 nitrogen and oxygen atoms in total. The molecule has 0 heterocycles. The van der Waals surface area contributed by atoms with Crippen molar-refractivity contribution in [3.05, 3.63) is 0 Å². The van der Waals surface area contributed by atoms with Gasteiger partial charge in [-0.1, -0.05) is 20.8 Å². The number of hydrogen-bond acceptors (Lipinski definition) is 2. The van der Waals surface area contributed by atoms with E-state index in [1.807, 2.05) is 14.0 Å². The summed E-state index contributed by atoms with van der Waals surface area (Å²) in [6.07, 6.45) is 1.83. The van der Waals surface area contributed by atoms with Crippen molar-refractivity contribution in [1.29, 1.82) is 0 Å². The summed E-state index contributed by atoms with van der Waals surface area (Å²) in [5.74, 6) is 0.699. The number of amides is 2. The molecule has 0 aromatic rings. The largest absolute Gasteiger partial charge is 0.345 e. The lowest BCUT2D eigenvalue weighted by Crippen LogP contribution is -2.34. The summed E-state index contributed by atoms with van der Waals surface area (Å²) in [5, 5.41) is 0. The maximum Gasteiger partial charge on any atom is 0.224 e. The molecule has 0 aromatic heterocycles. The van der Waals surface area contributed by atoms with Gasteiger partial charge in [0.2, 0.25) is 11.8 Å². The van der Waals surface area contributed by atoms with Gasteiger partial charge in [-0.3, -0.25) is 9.59 Å². The summed E-state index contributed by atoms with van der Waals surface area (Å²) in [6.45, 7) is 7.43. The second-order valence-corrected chi connectivity index (χ2v) is 4.98. The first-order valence-corrected chi connectivity index (χ1v) is 6.36. The van der Waals surface area contributed by atoms with Crippen LogP contribution in [0.5, 0.6) is 0 Å². The van der Waals surface area contributed by atoms with Gasteiger partial charge in [0, 0.05) is 40.0 Å². The van der Waals surface area contributed by atoms with Crippen LogP contribution < -0.4 is 0 Å². The van der Waals surface area contributed by atoms with Crippen LogP contribution in [-0.2, 0) is 9.59 Å². The fraction of sp³-hybridized carbons (Fsp3) is 0.846. The Morgan fingerprint density at radius 3 is 2.00 bits per heavy atom. The predicted molar refractivity (Wildman–Crippen MR) is 69.6 cm³/mol. The minimum atomic E-state index is 0.106. The van der Waals surface area contributed by atoms with Crippen molar-refractivity contribution in [3.8, 4) is 0 Å². The van der Waals surface area contributed by atoms with Crippen LogP contribution in [0.2, 0.25) is 0 Å². The Morgan fingerprint density at radius 2 is 1.53 bits per heavy atom. The molecular weight excluding hydrogens is 216 g/mol. The normalized spacial score (nSPS) is 10.5. The first kappa shape index (κ1) is 15.9. The third kappa shape index (κ3) is 6.97. The second-order valence-electron chi connectivity index (χ2n) is 4.98. The van der Waals surface area contributed by atoms with Gasteiger partial charge in [-0.2, -0.15) is 0 Å². The third-order valence-corrected chi connectivity index (χ3v) is 2.62. The maximum absolute atomic E-state index is 11.8. The van der Waals surface area contributed by atoms with E-state index in [9.17, 15) is 9.59 Å². The number of nitrogens with zero attached hydrogens (tertiary/aromatic N) is 2. The SMILES string of the molecule is CCCC(=O)N(C)CCC(=O)N(C)CC(C)C. The number of rotatable bonds is 7. The molecule has 2 amide bonds. The van der Waals surface area contributed by atoms with E-state index in [2.05, 4.69) is 13.8 Å². The fourth-order valence-electron chi connectivity index (χ4n) is 1.63. The Morgan fingerprint density at radius 1 is 1.00 bits per heavy atom. The molecule has 0 atom stereocenters. The molecule has 17 heavy (non-hydrogen) atoms. The van der Waals surface area contributed by atoms with Gasteiger partial charge in [0.25, 0.3) is 0 Å². The zero-order chi connectivity index (χ0) is 13.4. The van der Waals surface area contributed by atoms with Gasteiger partial charge in [0.1, 0.15) is 0 Å². The zero-order valence-corrected chi connectivity index (χ0v) is 11.8. The van der Waals surface area contributed by atoms with Crippen molar-refractivity contribution >= 4 is 11.8 Å². The Balaban J connectivity index is 3.94. The number of carbonyl (C=O) groups is 2. The van der Waals surface area contributed by atoms with Gasteiger partial charge in [-0.15, -0.1) is 0 Å². The van der Waals surface area contributed by atoms with Gasteiger partial charge in [-0.25, -0.2) is 0 Å². The van der Waals surface area contributed by atoms with Gasteiger partial charge >= 0.3 is 0 Å². The van der Waals surface area contributed by atoms with Crippen molar-refractivity contribution < 1.29 is 9.59 Å². The van der Waals surface area contributed by atoms with E-state index in [0.717, 1.165) is 13.0 Å². The van der Waals surface area contributed by atoms with E-state index in [-0.39, 0.29) is 11.8 Å². The summed E-state index contributed by atoms with van der Waals surface area (Å²) in [4.78, 5) is 26.6. The smallest absolute Gasteiger partial charge is 0.224 e. The van der Waals surface area contributed by atoms with Crippen molar-refractivity contribution in [1.82, 2.24) is 9.80 Å². The summed E-state index contributed by atoms with van der Waals surface area (Å²) in [5.41, 5.74) is 0. The van der Waals surface area contributed by atoms with Gasteiger partial charge in [0.05, 0.1) is 0 Å². The summed E-state index contributed by atoms with van der Waals surface area (Å²) in [7, 11) is 3.57. The highest BCUT2D eigenvalue weighted by Gasteiger charge is 2.13. The Kier molecular flexibility index (Phi) is 7.59. The summed E-state index contributed by atoms with van der Waals surface area (Å²) < 4.78 is 0. The minimum Gasteiger partial charge on any atom is -0.345 e. The molecule has 0 rings (SSSR count). The lowest BCUT2D eigenvalue weighted by Gasteiger charge is -2.21. The van der Waals surface area contributed by atoms with Crippen LogP contribution in [0.15, 0.2) is 0 Å². The molecule has 0 aliphatic heterocycles. The summed E-state index contributed by atoms with van der Waals surface area (Å²) in [6, 6.07) is 0. The third-order valence-electron chi connectivity index (χ3n) is 2.62. The molecule has 0 aromatic carbocycles. The highest BCUT2D eigenvalue weighted by molar-refractivity contribution is 5.78. The molecule has 0 spiro atoms. The van der Waals surface area contributed by atoms with Crippen LogP contribution in [-0.4, -0.2) is 48.8 Å². The average molecular weight is 242 g/mol. The van der Waals surface area contributed by atoms with Crippen LogP contribution in [0.25, 0.3) is 0 Å². The van der Waals surface area contributed by atoms with Crippen molar-refractivity contribution in [3.63, 3.8) is 0 Å². The molecule has 0 saturated carbocycles. The van der Waals surface area contributed by atoms with E-state index in [4.69, 9.17) is 0 Å². The first-order chi connectivity index (χ1) is 7.88. The molecule has 0 N–H and O–H groups in total. The van der Waals surface area contributed by atoms with Crippen molar-refractivity contribution in [2.45, 2.75) is 40.0 Å². The average Bonchev–Trinajstić information content (AvgIpc) is 2.24. The second kappa shape index (κ2) is 8.09. The molecule has 0 aliphatic rings. The highest BCUT2D eigenvalue weighted by Crippen LogP contribution is 2.01. The molecule has 0 unspecified atom stereocenters. The van der Waals surface area contributed by atoms with E-state index >= 15 is 0 Å². The van der Waals surface area contributed by atoms with Crippen LogP contribution in [0.1, 0.15) is 40.0 Å². The molecule has 4 heteroatoms. The fourth-order valence-corrected chi connectivity index (χ4v) is 1.63. The maximum atomic E-state index is 11.8. The van der Waals surface area contributed by atoms with Crippen molar-refractivity contribution in [2.24, 2.45) is 5.92 Å². The van der Waals surface area contributed by atoms with Crippen LogP contribution in [0, 0.1) is 5.92 Å². The Bertz CT molecular complexity index is 252. The standard InChI is InChI=1S/C13H26N2O2/c1-6-7-12(16)14(4)9-8-13(17)15(5)10-11(2)3/h11H,6-10H2,1-5H3. The molecule has 100 valence electrons. The van der Waals surface area contributed by atoms with Crippen LogP contribution >= 0.6 is 0 Å². The molecule has 0 saturated heterocycles. The lowest BCUT2D eigenvalue weighted by molar-refractivity contribution is -0.133. The van der Waals surface area contributed by atoms with Gasteiger partial charge < -0.3 is 9.80 Å². The van der Waals surface area contributed by atoms with Crippen LogP contribution in [0.3, 0.4) is 0 Å².